The molecule has 6 nitrogen and oxygen atoms in total. The summed E-state index contributed by atoms with van der Waals surface area (Å²) >= 11 is 0. The predicted octanol–water partition coefficient (Wildman–Crippen LogP) is 4.45. The Morgan fingerprint density at radius 2 is 1.76 bits per heavy atom. The molecule has 1 N–H and O–H groups in total. The first-order valence-corrected chi connectivity index (χ1v) is 8.23. The Morgan fingerprint density at radius 3 is 2.36 bits per heavy atom. The number of rotatable bonds is 2. The summed E-state index contributed by atoms with van der Waals surface area (Å²) in [7, 11) is 0. The number of benzene rings is 1. The number of fused-ring (bicyclic) bond motifs is 1. The van der Waals surface area contributed by atoms with Crippen molar-refractivity contribution in [2.75, 3.05) is 0 Å². The molecular formula is C19H26N2O4. The van der Waals surface area contributed by atoms with E-state index in [9.17, 15) is 9.59 Å². The van der Waals surface area contributed by atoms with Gasteiger partial charge in [-0.1, -0.05) is 6.07 Å². The van der Waals surface area contributed by atoms with Crippen molar-refractivity contribution in [3.8, 4) is 0 Å². The van der Waals surface area contributed by atoms with Gasteiger partial charge in [-0.15, -0.1) is 0 Å². The van der Waals surface area contributed by atoms with Gasteiger partial charge in [0, 0.05) is 17.1 Å². The fourth-order valence-electron chi connectivity index (χ4n) is 2.24. The fraction of sp³-hybridized carbons (Fsp3) is 0.474. The van der Waals surface area contributed by atoms with Crippen molar-refractivity contribution in [3.63, 3.8) is 0 Å². The number of aromatic nitrogens is 1. The molecule has 1 heterocycles. The van der Waals surface area contributed by atoms with Gasteiger partial charge in [0.25, 0.3) is 0 Å². The highest BCUT2D eigenvalue weighted by Gasteiger charge is 2.19. The van der Waals surface area contributed by atoms with Crippen LogP contribution in [0.25, 0.3) is 10.9 Å². The quantitative estimate of drug-likeness (QED) is 0.872. The molecule has 136 valence electrons. The van der Waals surface area contributed by atoms with Crippen molar-refractivity contribution in [1.82, 2.24) is 9.88 Å². The molecule has 1 aromatic carbocycles. The van der Waals surface area contributed by atoms with Crippen molar-refractivity contribution in [2.24, 2.45) is 0 Å². The Hall–Kier alpha value is -2.50. The number of nitrogens with zero attached hydrogens (tertiary/aromatic N) is 1. The van der Waals surface area contributed by atoms with Crippen LogP contribution in [0, 0.1) is 0 Å². The lowest BCUT2D eigenvalue weighted by molar-refractivity contribution is 0.0544. The second-order valence-electron chi connectivity index (χ2n) is 8.01. The molecule has 0 saturated heterocycles. The van der Waals surface area contributed by atoms with Gasteiger partial charge in [0.15, 0.2) is 0 Å². The van der Waals surface area contributed by atoms with Gasteiger partial charge in [-0.3, -0.25) is 4.57 Å². The molecule has 2 rings (SSSR count). The standard InChI is InChI=1S/C19H26N2O4/c1-18(2,3)20-16(22)24-12-13-7-8-15-14(11-13)9-10-21(15)17(23)25-19(4,5)6/h7-11H,12H2,1-6H3,(H,20,22). The van der Waals surface area contributed by atoms with E-state index in [0.29, 0.717) is 0 Å². The van der Waals surface area contributed by atoms with E-state index >= 15 is 0 Å². The van der Waals surface area contributed by atoms with Gasteiger partial charge in [-0.25, -0.2) is 9.59 Å². The lowest BCUT2D eigenvalue weighted by Gasteiger charge is -2.20. The summed E-state index contributed by atoms with van der Waals surface area (Å²) in [5, 5.41) is 3.62. The number of hydrogen-bond donors (Lipinski definition) is 1. The maximum absolute atomic E-state index is 12.2. The maximum Gasteiger partial charge on any atom is 0.418 e. The molecule has 0 aliphatic rings. The third-order valence-corrected chi connectivity index (χ3v) is 3.19. The molecule has 0 atom stereocenters. The predicted molar refractivity (Wildman–Crippen MR) is 96.6 cm³/mol. The molecule has 0 aliphatic heterocycles. The van der Waals surface area contributed by atoms with E-state index in [4.69, 9.17) is 9.47 Å². The van der Waals surface area contributed by atoms with Crippen LogP contribution in [0.15, 0.2) is 30.5 Å². The first-order valence-electron chi connectivity index (χ1n) is 8.23. The molecular weight excluding hydrogens is 320 g/mol. The minimum atomic E-state index is -0.554. The van der Waals surface area contributed by atoms with Gasteiger partial charge in [0.1, 0.15) is 12.2 Å². The van der Waals surface area contributed by atoms with Gasteiger partial charge in [-0.2, -0.15) is 0 Å². The fourth-order valence-corrected chi connectivity index (χ4v) is 2.24. The van der Waals surface area contributed by atoms with Gasteiger partial charge in [-0.05, 0) is 65.3 Å². The zero-order valence-electron chi connectivity index (χ0n) is 15.7. The van der Waals surface area contributed by atoms with Crippen molar-refractivity contribution >= 4 is 23.1 Å². The average Bonchev–Trinajstić information content (AvgIpc) is 2.84. The molecule has 1 aromatic heterocycles. The van der Waals surface area contributed by atoms with E-state index in [1.807, 2.05) is 65.8 Å². The second kappa shape index (κ2) is 6.78. The maximum atomic E-state index is 12.2. The Morgan fingerprint density at radius 1 is 1.08 bits per heavy atom. The lowest BCUT2D eigenvalue weighted by Crippen LogP contribution is -2.40. The molecule has 6 heteroatoms. The largest absolute Gasteiger partial charge is 0.445 e. The van der Waals surface area contributed by atoms with Crippen LogP contribution in [0.3, 0.4) is 0 Å². The average molecular weight is 346 g/mol. The minimum absolute atomic E-state index is 0.162. The smallest absolute Gasteiger partial charge is 0.418 e. The lowest BCUT2D eigenvalue weighted by atomic mass is 10.1. The van der Waals surface area contributed by atoms with Gasteiger partial charge >= 0.3 is 12.2 Å². The van der Waals surface area contributed by atoms with E-state index in [1.165, 1.54) is 4.57 Å². The Labute approximate surface area is 148 Å². The monoisotopic (exact) mass is 346 g/mol. The number of ether oxygens (including phenoxy) is 2. The summed E-state index contributed by atoms with van der Waals surface area (Å²) in [6, 6.07) is 7.37. The molecule has 1 amide bonds. The Bertz CT molecular complexity index is 779. The van der Waals surface area contributed by atoms with Crippen LogP contribution >= 0.6 is 0 Å². The highest BCUT2D eigenvalue weighted by atomic mass is 16.6. The number of carbonyl (C=O) groups excluding carboxylic acids is 2. The SMILES string of the molecule is CC(C)(C)NC(=O)OCc1ccc2c(ccn2C(=O)OC(C)(C)C)c1. The summed E-state index contributed by atoms with van der Waals surface area (Å²) in [5.41, 5.74) is 0.698. The van der Waals surface area contributed by atoms with Crippen LogP contribution in [0.2, 0.25) is 0 Å². The molecule has 0 spiro atoms. The van der Waals surface area contributed by atoms with E-state index in [-0.39, 0.29) is 12.1 Å². The second-order valence-corrected chi connectivity index (χ2v) is 8.01. The summed E-state index contributed by atoms with van der Waals surface area (Å²) in [6.45, 7) is 11.3. The van der Waals surface area contributed by atoms with Gasteiger partial charge < -0.3 is 14.8 Å². The van der Waals surface area contributed by atoms with Crippen LogP contribution in [0.5, 0.6) is 0 Å². The number of carbonyl (C=O) groups is 2. The minimum Gasteiger partial charge on any atom is -0.445 e. The van der Waals surface area contributed by atoms with Gasteiger partial charge in [0.05, 0.1) is 5.52 Å². The van der Waals surface area contributed by atoms with E-state index in [0.717, 1.165) is 16.5 Å². The molecule has 0 fully saturated rings. The Kier molecular flexibility index (Phi) is 5.11. The van der Waals surface area contributed by atoms with Crippen molar-refractivity contribution < 1.29 is 19.1 Å². The molecule has 25 heavy (non-hydrogen) atoms. The van der Waals surface area contributed by atoms with E-state index in [1.54, 1.807) is 6.20 Å². The van der Waals surface area contributed by atoms with Crippen molar-refractivity contribution in [3.05, 3.63) is 36.0 Å². The molecule has 0 saturated carbocycles. The third-order valence-electron chi connectivity index (χ3n) is 3.19. The first kappa shape index (κ1) is 18.8. The molecule has 0 radical (unpaired) electrons. The molecule has 0 aliphatic carbocycles. The molecule has 2 aromatic rings. The number of nitrogens with one attached hydrogen (secondary N) is 1. The van der Waals surface area contributed by atoms with Gasteiger partial charge in [0.2, 0.25) is 0 Å². The summed E-state index contributed by atoms with van der Waals surface area (Å²) in [6.07, 6.45) is 0.797. The summed E-state index contributed by atoms with van der Waals surface area (Å²) < 4.78 is 12.1. The highest BCUT2D eigenvalue weighted by Crippen LogP contribution is 2.20. The van der Waals surface area contributed by atoms with Crippen LogP contribution in [-0.2, 0) is 16.1 Å². The number of amides is 1. The van der Waals surface area contributed by atoms with Crippen LogP contribution in [0.1, 0.15) is 47.1 Å². The van der Waals surface area contributed by atoms with E-state index < -0.39 is 17.8 Å². The summed E-state index contributed by atoms with van der Waals surface area (Å²) in [4.78, 5) is 24.0. The third kappa shape index (κ3) is 5.52. The van der Waals surface area contributed by atoms with Crippen LogP contribution in [-0.4, -0.2) is 27.9 Å². The Balaban J connectivity index is 2.09. The summed E-state index contributed by atoms with van der Waals surface area (Å²) in [5.74, 6) is 0. The zero-order valence-corrected chi connectivity index (χ0v) is 15.7. The first-order chi connectivity index (χ1) is 11.4. The highest BCUT2D eigenvalue weighted by molar-refractivity contribution is 5.90. The molecule has 0 unspecified atom stereocenters. The normalized spacial score (nSPS) is 12.1. The van der Waals surface area contributed by atoms with Crippen LogP contribution < -0.4 is 5.32 Å². The zero-order chi connectivity index (χ0) is 18.8. The van der Waals surface area contributed by atoms with E-state index in [2.05, 4.69) is 5.32 Å². The van der Waals surface area contributed by atoms with Crippen molar-refractivity contribution in [2.45, 2.75) is 59.3 Å². The number of alkyl carbamates (subject to hydrolysis) is 1. The number of hydrogen-bond acceptors (Lipinski definition) is 4. The van der Waals surface area contributed by atoms with Crippen LogP contribution in [0.4, 0.5) is 9.59 Å². The van der Waals surface area contributed by atoms with Crippen molar-refractivity contribution in [1.29, 1.82) is 0 Å². The molecule has 0 bridgehead atoms. The topological polar surface area (TPSA) is 69.6 Å².